The van der Waals surface area contributed by atoms with Crippen LogP contribution in [0.2, 0.25) is 0 Å². The molecule has 206 valence electrons. The lowest BCUT2D eigenvalue weighted by Gasteiger charge is -2.04. The van der Waals surface area contributed by atoms with E-state index in [-0.39, 0.29) is 61.3 Å². The van der Waals surface area contributed by atoms with E-state index < -0.39 is 0 Å². The highest BCUT2D eigenvalue weighted by molar-refractivity contribution is 6.06. The molecule has 8 N–H and O–H groups in total. The zero-order chi connectivity index (χ0) is 24.8. The van der Waals surface area contributed by atoms with Crippen molar-refractivity contribution >= 4 is 83.4 Å². The van der Waals surface area contributed by atoms with Crippen molar-refractivity contribution in [3.63, 3.8) is 0 Å². The molecular formula is C28H26Cl4N8. The number of H-pyrrole nitrogens is 2. The van der Waals surface area contributed by atoms with E-state index in [4.69, 9.17) is 22.3 Å². The number of aromatic amines is 2. The van der Waals surface area contributed by atoms with Gasteiger partial charge in [-0.3, -0.25) is 10.8 Å². The first-order chi connectivity index (χ1) is 17.5. The first-order valence-corrected chi connectivity index (χ1v) is 11.4. The number of hydrogen-bond acceptors (Lipinski definition) is 4. The molecule has 0 unspecified atom stereocenters. The number of imidazole rings is 2. The third-order valence-corrected chi connectivity index (χ3v) is 6.26. The van der Waals surface area contributed by atoms with Crippen LogP contribution in [-0.2, 0) is 0 Å². The van der Waals surface area contributed by atoms with E-state index in [2.05, 4.69) is 44.2 Å². The number of nitrogens with zero attached hydrogens (tertiary/aromatic N) is 2. The Morgan fingerprint density at radius 2 is 0.825 bits per heavy atom. The molecule has 0 fully saturated rings. The van der Waals surface area contributed by atoms with Gasteiger partial charge in [0.1, 0.15) is 23.3 Å². The van der Waals surface area contributed by atoms with Gasteiger partial charge >= 0.3 is 0 Å². The van der Waals surface area contributed by atoms with Crippen LogP contribution in [0.1, 0.15) is 11.1 Å². The minimum atomic E-state index is -0.000570. The number of rotatable bonds is 5. The number of fused-ring (bicyclic) bond motifs is 2. The van der Waals surface area contributed by atoms with E-state index in [9.17, 15) is 0 Å². The monoisotopic (exact) mass is 614 g/mol. The summed E-state index contributed by atoms with van der Waals surface area (Å²) in [5.41, 5.74) is 19.8. The van der Waals surface area contributed by atoms with Gasteiger partial charge in [-0.15, -0.1) is 49.6 Å². The Labute approximate surface area is 254 Å². The highest BCUT2D eigenvalue weighted by Gasteiger charge is 2.12. The Hall–Kier alpha value is -4.08. The quantitative estimate of drug-likeness (QED) is 0.0942. The van der Waals surface area contributed by atoms with Gasteiger partial charge in [0.05, 0.1) is 22.1 Å². The smallest absolute Gasteiger partial charge is 0.138 e. The van der Waals surface area contributed by atoms with Gasteiger partial charge in [0, 0.05) is 22.3 Å². The maximum absolute atomic E-state index is 7.78. The Kier molecular flexibility index (Phi) is 10.3. The highest BCUT2D eigenvalue weighted by Crippen LogP contribution is 2.28. The van der Waals surface area contributed by atoms with E-state index >= 15 is 0 Å². The molecule has 0 aliphatic rings. The van der Waals surface area contributed by atoms with Crippen LogP contribution in [0, 0.1) is 10.8 Å². The van der Waals surface area contributed by atoms with Gasteiger partial charge in [-0.25, -0.2) is 9.97 Å². The number of nitrogen functional groups attached to an aromatic ring is 2. The minimum Gasteiger partial charge on any atom is -0.384 e. The lowest BCUT2D eigenvalue weighted by molar-refractivity contribution is 1.33. The van der Waals surface area contributed by atoms with Crippen molar-refractivity contribution in [1.29, 1.82) is 10.8 Å². The lowest BCUT2D eigenvalue weighted by atomic mass is 10.0. The summed E-state index contributed by atoms with van der Waals surface area (Å²) in [5, 5.41) is 15.6. The first kappa shape index (κ1) is 32.1. The number of para-hydroxylation sites is 2. The molecule has 2 aromatic heterocycles. The van der Waals surface area contributed by atoms with Gasteiger partial charge in [0.2, 0.25) is 0 Å². The van der Waals surface area contributed by atoms with Crippen molar-refractivity contribution in [3.05, 3.63) is 96.1 Å². The summed E-state index contributed by atoms with van der Waals surface area (Å²) >= 11 is 0. The van der Waals surface area contributed by atoms with E-state index in [1.54, 1.807) is 12.1 Å². The van der Waals surface area contributed by atoms with Crippen LogP contribution < -0.4 is 11.5 Å². The van der Waals surface area contributed by atoms with Crippen LogP contribution in [0.25, 0.3) is 56.0 Å². The molecule has 6 rings (SSSR count). The summed E-state index contributed by atoms with van der Waals surface area (Å²) in [6.45, 7) is 0. The lowest BCUT2D eigenvalue weighted by Crippen LogP contribution is -2.11. The molecule has 0 bridgehead atoms. The molecule has 40 heavy (non-hydrogen) atoms. The van der Waals surface area contributed by atoms with Crippen LogP contribution >= 0.6 is 49.6 Å². The van der Waals surface area contributed by atoms with Gasteiger partial charge in [-0.05, 0) is 35.4 Å². The second-order valence-corrected chi connectivity index (χ2v) is 8.56. The maximum Gasteiger partial charge on any atom is 0.138 e. The van der Waals surface area contributed by atoms with Gasteiger partial charge in [-0.1, -0.05) is 60.7 Å². The van der Waals surface area contributed by atoms with Crippen LogP contribution in [0.5, 0.6) is 0 Å². The molecule has 6 aromatic rings. The summed E-state index contributed by atoms with van der Waals surface area (Å²) in [6, 6.07) is 27.5. The van der Waals surface area contributed by atoms with Crippen LogP contribution in [0.15, 0.2) is 84.9 Å². The van der Waals surface area contributed by atoms with E-state index in [1.165, 1.54) is 0 Å². The molecule has 0 atom stereocenters. The molecule has 8 nitrogen and oxygen atoms in total. The molecule has 0 radical (unpaired) electrons. The standard InChI is InChI=1S/C28H22N8.4ClH/c29-25(30)19-3-1-5-21-23(19)35-27(33-21)17-11-7-15(8-12-17)16-9-13-18(14-10-16)28-34-22-6-2-4-20(26(31)32)24(22)36-28;;;;/h1-14H,(H3,29,30)(H3,31,32)(H,33,35)(H,34,36);4*1H. The van der Waals surface area contributed by atoms with Crippen LogP contribution in [0.3, 0.4) is 0 Å². The highest BCUT2D eigenvalue weighted by atomic mass is 35.5. The molecule has 0 aliphatic carbocycles. The molecule has 0 saturated heterocycles. The summed E-state index contributed by atoms with van der Waals surface area (Å²) in [5.74, 6) is 1.46. The zero-order valence-corrected chi connectivity index (χ0v) is 24.0. The predicted octanol–water partition coefficient (Wildman–Crippen LogP) is 6.70. The van der Waals surface area contributed by atoms with E-state index in [0.29, 0.717) is 22.2 Å². The zero-order valence-electron chi connectivity index (χ0n) is 20.8. The fourth-order valence-corrected chi connectivity index (χ4v) is 4.41. The maximum atomic E-state index is 7.78. The van der Waals surface area contributed by atoms with Gasteiger partial charge in [0.15, 0.2) is 0 Å². The average molecular weight is 616 g/mol. The number of amidine groups is 2. The normalized spacial score (nSPS) is 10.1. The number of nitrogens with two attached hydrogens (primary N) is 2. The molecule has 0 amide bonds. The molecule has 0 aliphatic heterocycles. The summed E-state index contributed by atoms with van der Waals surface area (Å²) in [6.07, 6.45) is 0. The molecule has 0 spiro atoms. The van der Waals surface area contributed by atoms with Crippen molar-refractivity contribution in [1.82, 2.24) is 19.9 Å². The molecule has 4 aromatic carbocycles. The largest absolute Gasteiger partial charge is 0.384 e. The van der Waals surface area contributed by atoms with Crippen molar-refractivity contribution in [3.8, 4) is 33.9 Å². The molecular weight excluding hydrogens is 590 g/mol. The SMILES string of the molecule is Cl.Cl.Cl.Cl.N=C(N)c1cccc2[nH]c(-c3ccc(-c4ccc(-c5nc6c(C(=N)N)cccc6[nH]5)cc4)cc3)nc12. The van der Waals surface area contributed by atoms with Crippen molar-refractivity contribution in [2.45, 2.75) is 0 Å². The molecule has 2 heterocycles. The molecule has 12 heteroatoms. The average Bonchev–Trinajstić information content (AvgIpc) is 3.53. The molecule has 0 saturated carbocycles. The van der Waals surface area contributed by atoms with Crippen molar-refractivity contribution < 1.29 is 0 Å². The number of nitrogens with one attached hydrogen (secondary N) is 4. The van der Waals surface area contributed by atoms with Gasteiger partial charge in [-0.2, -0.15) is 0 Å². The number of aromatic nitrogens is 4. The second kappa shape index (κ2) is 12.8. The summed E-state index contributed by atoms with van der Waals surface area (Å²) in [7, 11) is 0. The fourth-order valence-electron chi connectivity index (χ4n) is 4.41. The first-order valence-electron chi connectivity index (χ1n) is 11.4. The van der Waals surface area contributed by atoms with Crippen LogP contribution in [0.4, 0.5) is 0 Å². The Bertz CT molecular complexity index is 1660. The summed E-state index contributed by atoms with van der Waals surface area (Å²) in [4.78, 5) is 16.0. The predicted molar refractivity (Wildman–Crippen MR) is 173 cm³/mol. The fraction of sp³-hybridized carbons (Fsp3) is 0. The van der Waals surface area contributed by atoms with E-state index in [1.807, 2.05) is 48.5 Å². The van der Waals surface area contributed by atoms with Crippen molar-refractivity contribution in [2.24, 2.45) is 11.5 Å². The van der Waals surface area contributed by atoms with Gasteiger partial charge < -0.3 is 21.4 Å². The second-order valence-electron chi connectivity index (χ2n) is 8.56. The third kappa shape index (κ3) is 5.76. The van der Waals surface area contributed by atoms with Crippen molar-refractivity contribution in [2.75, 3.05) is 0 Å². The topological polar surface area (TPSA) is 157 Å². The van der Waals surface area contributed by atoms with Gasteiger partial charge in [0.25, 0.3) is 0 Å². The number of benzene rings is 4. The number of hydrogen-bond donors (Lipinski definition) is 6. The Morgan fingerprint density at radius 3 is 1.15 bits per heavy atom. The Balaban J connectivity index is 0.00000140. The third-order valence-electron chi connectivity index (χ3n) is 6.26. The van der Waals surface area contributed by atoms with Crippen LogP contribution in [-0.4, -0.2) is 31.6 Å². The summed E-state index contributed by atoms with van der Waals surface area (Å²) < 4.78 is 0. The van der Waals surface area contributed by atoms with E-state index in [0.717, 1.165) is 44.9 Å². The number of halogens is 4. The Morgan fingerprint density at radius 1 is 0.500 bits per heavy atom. The minimum absolute atomic E-state index is 0.